The Bertz CT molecular complexity index is 2160. The Morgan fingerprint density at radius 1 is 0.659 bits per heavy atom. The Balaban J connectivity index is 1.20. The van der Waals surface area contributed by atoms with Crippen LogP contribution in [0.5, 0.6) is 0 Å². The van der Waals surface area contributed by atoms with Gasteiger partial charge in [-0.2, -0.15) is 19.3 Å². The van der Waals surface area contributed by atoms with E-state index < -0.39 is 0 Å². The van der Waals surface area contributed by atoms with Crippen molar-refractivity contribution in [1.29, 1.82) is 10.5 Å². The summed E-state index contributed by atoms with van der Waals surface area (Å²) in [5, 5.41) is 18.4. The minimum atomic E-state index is 0.0438. The van der Waals surface area contributed by atoms with Gasteiger partial charge >= 0.3 is 0 Å². The van der Waals surface area contributed by atoms with Gasteiger partial charge in [0.1, 0.15) is 28.7 Å². The average Bonchev–Trinajstić information content (AvgIpc) is 3.78. The molecule has 0 saturated heterocycles. The zero-order chi connectivity index (χ0) is 30.2. The van der Waals surface area contributed by atoms with Crippen LogP contribution < -0.4 is 4.90 Å². The summed E-state index contributed by atoms with van der Waals surface area (Å²) in [6.07, 6.45) is 1.57. The first-order valence-corrected chi connectivity index (χ1v) is 16.2. The van der Waals surface area contributed by atoms with Crippen LogP contribution >= 0.6 is 34.4 Å². The number of nitriles is 2. The fourth-order valence-electron chi connectivity index (χ4n) is 5.17. The topological polar surface area (TPSA) is 76.6 Å². The predicted molar refractivity (Wildman–Crippen MR) is 185 cm³/mol. The van der Waals surface area contributed by atoms with Gasteiger partial charge in [0, 0.05) is 47.3 Å². The Hall–Kier alpha value is -5.12. The monoisotopic (exact) mass is 621 g/mol. The van der Waals surface area contributed by atoms with Crippen molar-refractivity contribution in [2.24, 2.45) is 0 Å². The fourth-order valence-corrected chi connectivity index (χ4v) is 8.18. The standard InChI is InChI=1S/C36H23N5S3/c1-22-3-10-27(11-4-22)41(28-12-5-23(2)6-13-28)29-14-7-25(8-15-29)31-18-33-34(42-31)19-32(43-33)30-16-9-26(17-24(20-37)21-38)35-36(30)40-44-39-35/h3-19H,1-2H3. The second kappa shape index (κ2) is 11.5. The van der Waals surface area contributed by atoms with E-state index in [0.29, 0.717) is 5.52 Å². The lowest BCUT2D eigenvalue weighted by atomic mass is 10.1. The zero-order valence-electron chi connectivity index (χ0n) is 23.8. The molecule has 4 aromatic carbocycles. The molecule has 0 bridgehead atoms. The first-order valence-electron chi connectivity index (χ1n) is 13.9. The van der Waals surface area contributed by atoms with Crippen LogP contribution in [-0.4, -0.2) is 8.75 Å². The maximum absolute atomic E-state index is 9.18. The third-order valence-electron chi connectivity index (χ3n) is 7.45. The van der Waals surface area contributed by atoms with Gasteiger partial charge in [0.05, 0.1) is 11.7 Å². The van der Waals surface area contributed by atoms with Crippen molar-refractivity contribution < 1.29 is 0 Å². The molecule has 7 rings (SSSR count). The highest BCUT2D eigenvalue weighted by Gasteiger charge is 2.17. The SMILES string of the molecule is Cc1ccc(N(c2ccc(C)cc2)c2ccc(-c3cc4sc(-c5ccc(C=C(C#N)C#N)c6nsnc56)cc4s3)cc2)cc1. The number of aryl methyl sites for hydroxylation is 2. The molecule has 0 aliphatic rings. The number of allylic oxidation sites excluding steroid dienone is 1. The summed E-state index contributed by atoms with van der Waals surface area (Å²) in [4.78, 5) is 4.63. The quantitative estimate of drug-likeness (QED) is 0.173. The summed E-state index contributed by atoms with van der Waals surface area (Å²) in [7, 11) is 0. The number of hydrogen-bond acceptors (Lipinski definition) is 8. The van der Waals surface area contributed by atoms with Gasteiger partial charge in [0.2, 0.25) is 0 Å². The molecule has 0 aliphatic heterocycles. The highest BCUT2D eigenvalue weighted by atomic mass is 32.1. The summed E-state index contributed by atoms with van der Waals surface area (Å²) < 4.78 is 11.5. The maximum atomic E-state index is 9.18. The van der Waals surface area contributed by atoms with Crippen molar-refractivity contribution in [3.05, 3.63) is 119 Å². The van der Waals surface area contributed by atoms with Crippen molar-refractivity contribution in [1.82, 2.24) is 8.75 Å². The van der Waals surface area contributed by atoms with Crippen molar-refractivity contribution in [3.63, 3.8) is 0 Å². The van der Waals surface area contributed by atoms with Crippen LogP contribution in [0, 0.1) is 36.5 Å². The molecule has 5 nitrogen and oxygen atoms in total. The van der Waals surface area contributed by atoms with Crippen LogP contribution in [-0.2, 0) is 0 Å². The van der Waals surface area contributed by atoms with Crippen LogP contribution in [0.3, 0.4) is 0 Å². The predicted octanol–water partition coefficient (Wildman–Crippen LogP) is 10.8. The first kappa shape index (κ1) is 27.7. The van der Waals surface area contributed by atoms with E-state index in [1.165, 1.54) is 31.0 Å². The van der Waals surface area contributed by atoms with Crippen molar-refractivity contribution in [2.45, 2.75) is 13.8 Å². The molecule has 8 heteroatoms. The van der Waals surface area contributed by atoms with Crippen molar-refractivity contribution >= 4 is 78.0 Å². The second-order valence-corrected chi connectivity index (χ2v) is 13.1. The maximum Gasteiger partial charge on any atom is 0.130 e. The van der Waals surface area contributed by atoms with Gasteiger partial charge in [0.25, 0.3) is 0 Å². The first-order chi connectivity index (χ1) is 21.5. The molecule has 210 valence electrons. The van der Waals surface area contributed by atoms with E-state index in [2.05, 4.69) is 112 Å². The third-order valence-corrected chi connectivity index (χ3v) is 10.4. The van der Waals surface area contributed by atoms with E-state index in [9.17, 15) is 10.5 Å². The molecule has 3 aromatic heterocycles. The second-order valence-electron chi connectivity index (χ2n) is 10.4. The minimum Gasteiger partial charge on any atom is -0.311 e. The van der Waals surface area contributed by atoms with Gasteiger partial charge in [0.15, 0.2) is 0 Å². The molecule has 0 radical (unpaired) electrons. The van der Waals surface area contributed by atoms with Gasteiger partial charge in [-0.15, -0.1) is 22.7 Å². The van der Waals surface area contributed by atoms with Crippen LogP contribution in [0.2, 0.25) is 0 Å². The normalized spacial score (nSPS) is 10.9. The molecule has 7 aromatic rings. The smallest absolute Gasteiger partial charge is 0.130 e. The van der Waals surface area contributed by atoms with Gasteiger partial charge in [-0.05, 0) is 74.0 Å². The van der Waals surface area contributed by atoms with Gasteiger partial charge in [-0.3, -0.25) is 0 Å². The van der Waals surface area contributed by atoms with Crippen LogP contribution in [0.25, 0.3) is 47.4 Å². The van der Waals surface area contributed by atoms with E-state index in [4.69, 9.17) is 0 Å². The lowest BCUT2D eigenvalue weighted by Crippen LogP contribution is -2.09. The number of nitrogens with zero attached hydrogens (tertiary/aromatic N) is 5. The van der Waals surface area contributed by atoms with Crippen LogP contribution in [0.1, 0.15) is 16.7 Å². The van der Waals surface area contributed by atoms with Gasteiger partial charge in [-0.1, -0.05) is 59.7 Å². The Morgan fingerprint density at radius 2 is 1.18 bits per heavy atom. The molecule has 44 heavy (non-hydrogen) atoms. The highest BCUT2D eigenvalue weighted by Crippen LogP contribution is 2.44. The summed E-state index contributed by atoms with van der Waals surface area (Å²) in [5.41, 5.74) is 10.3. The van der Waals surface area contributed by atoms with E-state index in [1.54, 1.807) is 28.7 Å². The molecule has 0 unspecified atom stereocenters. The molecule has 0 N–H and O–H groups in total. The Kier molecular flexibility index (Phi) is 7.25. The van der Waals surface area contributed by atoms with Crippen molar-refractivity contribution in [2.75, 3.05) is 4.90 Å². The summed E-state index contributed by atoms with van der Waals surface area (Å²) >= 11 is 4.66. The largest absolute Gasteiger partial charge is 0.311 e. The van der Waals surface area contributed by atoms with E-state index in [0.717, 1.165) is 50.3 Å². The van der Waals surface area contributed by atoms with Crippen LogP contribution in [0.15, 0.2) is 103 Å². The van der Waals surface area contributed by atoms with E-state index >= 15 is 0 Å². The summed E-state index contributed by atoms with van der Waals surface area (Å²) in [6, 6.07) is 38.3. The molecule has 0 fully saturated rings. The molecule has 0 atom stereocenters. The van der Waals surface area contributed by atoms with Crippen molar-refractivity contribution in [3.8, 4) is 33.0 Å². The number of thiophene rings is 2. The molecular weight excluding hydrogens is 599 g/mol. The number of fused-ring (bicyclic) bond motifs is 2. The lowest BCUT2D eigenvalue weighted by molar-refractivity contribution is 1.27. The molecule has 0 spiro atoms. The molecular formula is C36H23N5S3. The number of rotatable bonds is 6. The molecule has 0 aliphatic carbocycles. The lowest BCUT2D eigenvalue weighted by Gasteiger charge is -2.26. The zero-order valence-corrected chi connectivity index (χ0v) is 26.2. The third kappa shape index (κ3) is 5.16. The summed E-state index contributed by atoms with van der Waals surface area (Å²) in [5.74, 6) is 0. The summed E-state index contributed by atoms with van der Waals surface area (Å²) in [6.45, 7) is 4.22. The fraction of sp³-hybridized carbons (Fsp3) is 0.0556. The number of hydrogen-bond donors (Lipinski definition) is 0. The Labute approximate surface area is 267 Å². The number of aromatic nitrogens is 2. The minimum absolute atomic E-state index is 0.0438. The van der Waals surface area contributed by atoms with E-state index in [1.807, 2.05) is 24.3 Å². The van der Waals surface area contributed by atoms with Gasteiger partial charge < -0.3 is 4.90 Å². The average molecular weight is 622 g/mol. The number of anilines is 3. The van der Waals surface area contributed by atoms with Crippen LogP contribution in [0.4, 0.5) is 17.1 Å². The Morgan fingerprint density at radius 3 is 1.77 bits per heavy atom. The molecule has 0 amide bonds. The molecule has 0 saturated carbocycles. The number of benzene rings is 4. The van der Waals surface area contributed by atoms with Gasteiger partial charge in [-0.25, -0.2) is 0 Å². The van der Waals surface area contributed by atoms with E-state index in [-0.39, 0.29) is 5.57 Å². The molecule has 3 heterocycles. The highest BCUT2D eigenvalue weighted by molar-refractivity contribution is 7.31.